The van der Waals surface area contributed by atoms with E-state index in [-0.39, 0.29) is 5.60 Å². The van der Waals surface area contributed by atoms with E-state index in [4.69, 9.17) is 9.47 Å². The summed E-state index contributed by atoms with van der Waals surface area (Å²) < 4.78 is 11.0. The molecule has 1 aromatic carbocycles. The largest absolute Gasteiger partial charge is 0.497 e. The van der Waals surface area contributed by atoms with Crippen molar-refractivity contribution in [2.45, 2.75) is 31.9 Å². The highest BCUT2D eigenvalue weighted by atomic mass is 32.1. The third kappa shape index (κ3) is 4.77. The minimum atomic E-state index is -0.0813. The predicted octanol–water partition coefficient (Wildman–Crippen LogP) is 3.66. The summed E-state index contributed by atoms with van der Waals surface area (Å²) in [6.07, 6.45) is 2.22. The fourth-order valence-corrected chi connectivity index (χ4v) is 3.88. The van der Waals surface area contributed by atoms with E-state index in [0.717, 1.165) is 44.2 Å². The molecule has 0 aliphatic carbocycles. The van der Waals surface area contributed by atoms with Crippen LogP contribution in [0.15, 0.2) is 40.7 Å². The molecule has 140 valence electrons. The van der Waals surface area contributed by atoms with Gasteiger partial charge in [-0.2, -0.15) is 0 Å². The van der Waals surface area contributed by atoms with Crippen LogP contribution in [0.1, 0.15) is 24.6 Å². The molecule has 1 fully saturated rings. The van der Waals surface area contributed by atoms with Crippen LogP contribution in [0.4, 0.5) is 0 Å². The van der Waals surface area contributed by atoms with E-state index in [1.807, 2.05) is 12.1 Å². The van der Waals surface area contributed by atoms with Gasteiger partial charge in [-0.15, -0.1) is 11.3 Å². The standard InChI is InChI=1S/C20H27N3O2S/c1-20(9-4-10-25-20)14-23-19(21-2)22-12-18-11-16(13-26-18)15-5-7-17(24-3)8-6-15/h5-8,11,13H,4,9-10,12,14H2,1-3H3,(H2,21,22,23). The molecule has 0 bridgehead atoms. The molecule has 6 heteroatoms. The Hall–Kier alpha value is -2.05. The highest BCUT2D eigenvalue weighted by Crippen LogP contribution is 2.27. The van der Waals surface area contributed by atoms with Gasteiger partial charge in [-0.3, -0.25) is 4.99 Å². The number of nitrogens with zero attached hydrogens (tertiary/aromatic N) is 1. The lowest BCUT2D eigenvalue weighted by Crippen LogP contribution is -2.45. The SMILES string of the molecule is CN=C(NCc1cc(-c2ccc(OC)cc2)cs1)NCC1(C)CCCO1. The van der Waals surface area contributed by atoms with Crippen LogP contribution in [0.2, 0.25) is 0 Å². The zero-order valence-electron chi connectivity index (χ0n) is 15.7. The number of nitrogens with one attached hydrogen (secondary N) is 2. The minimum Gasteiger partial charge on any atom is -0.497 e. The van der Waals surface area contributed by atoms with Crippen LogP contribution >= 0.6 is 11.3 Å². The molecule has 1 aromatic heterocycles. The van der Waals surface area contributed by atoms with Crippen molar-refractivity contribution in [2.24, 2.45) is 4.99 Å². The molecule has 1 saturated heterocycles. The number of benzene rings is 1. The van der Waals surface area contributed by atoms with E-state index in [9.17, 15) is 0 Å². The second-order valence-corrected chi connectivity index (χ2v) is 7.71. The maximum atomic E-state index is 5.81. The van der Waals surface area contributed by atoms with E-state index >= 15 is 0 Å². The molecule has 2 N–H and O–H groups in total. The molecule has 3 rings (SSSR count). The first-order valence-electron chi connectivity index (χ1n) is 8.92. The van der Waals surface area contributed by atoms with E-state index in [2.05, 4.69) is 46.1 Å². The van der Waals surface area contributed by atoms with Crippen LogP contribution in [-0.4, -0.2) is 38.9 Å². The van der Waals surface area contributed by atoms with E-state index < -0.39 is 0 Å². The van der Waals surface area contributed by atoms with Crippen molar-refractivity contribution in [3.8, 4) is 16.9 Å². The molecule has 0 saturated carbocycles. The van der Waals surface area contributed by atoms with Crippen LogP contribution in [0, 0.1) is 0 Å². The zero-order chi connectivity index (χ0) is 18.4. The Morgan fingerprint density at radius 2 is 2.08 bits per heavy atom. The molecule has 2 heterocycles. The molecule has 5 nitrogen and oxygen atoms in total. The second-order valence-electron chi connectivity index (χ2n) is 6.71. The summed E-state index contributed by atoms with van der Waals surface area (Å²) in [5.74, 6) is 1.68. The molecule has 1 aliphatic rings. The first-order valence-corrected chi connectivity index (χ1v) is 9.80. The molecular formula is C20H27N3O2S. The van der Waals surface area contributed by atoms with Gasteiger partial charge in [-0.1, -0.05) is 12.1 Å². The van der Waals surface area contributed by atoms with Gasteiger partial charge in [0, 0.05) is 25.1 Å². The van der Waals surface area contributed by atoms with Gasteiger partial charge >= 0.3 is 0 Å². The third-order valence-electron chi connectivity index (χ3n) is 4.66. The molecule has 1 unspecified atom stereocenters. The van der Waals surface area contributed by atoms with Crippen molar-refractivity contribution in [3.63, 3.8) is 0 Å². The number of hydrogen-bond donors (Lipinski definition) is 2. The van der Waals surface area contributed by atoms with Crippen LogP contribution in [0.5, 0.6) is 5.75 Å². The predicted molar refractivity (Wildman–Crippen MR) is 108 cm³/mol. The van der Waals surface area contributed by atoms with E-state index in [0.29, 0.717) is 0 Å². The Morgan fingerprint density at radius 3 is 2.73 bits per heavy atom. The lowest BCUT2D eigenvalue weighted by Gasteiger charge is -2.24. The highest BCUT2D eigenvalue weighted by molar-refractivity contribution is 7.10. The van der Waals surface area contributed by atoms with Crippen molar-refractivity contribution in [1.29, 1.82) is 0 Å². The van der Waals surface area contributed by atoms with Crippen molar-refractivity contribution < 1.29 is 9.47 Å². The fourth-order valence-electron chi connectivity index (χ4n) is 3.05. The highest BCUT2D eigenvalue weighted by Gasteiger charge is 2.29. The van der Waals surface area contributed by atoms with Crippen LogP contribution < -0.4 is 15.4 Å². The van der Waals surface area contributed by atoms with Crippen molar-refractivity contribution >= 4 is 17.3 Å². The first-order chi connectivity index (χ1) is 12.6. The third-order valence-corrected chi connectivity index (χ3v) is 5.60. The normalized spacial score (nSPS) is 20.2. The Labute approximate surface area is 159 Å². The summed E-state index contributed by atoms with van der Waals surface area (Å²) in [5.41, 5.74) is 2.34. The zero-order valence-corrected chi connectivity index (χ0v) is 16.5. The molecule has 26 heavy (non-hydrogen) atoms. The van der Waals surface area contributed by atoms with Crippen LogP contribution in [0.3, 0.4) is 0 Å². The van der Waals surface area contributed by atoms with Gasteiger partial charge in [-0.25, -0.2) is 0 Å². The maximum Gasteiger partial charge on any atom is 0.191 e. The number of thiophene rings is 1. The average molecular weight is 374 g/mol. The van der Waals surface area contributed by atoms with Crippen LogP contribution in [0.25, 0.3) is 11.1 Å². The summed E-state index contributed by atoms with van der Waals surface area (Å²) in [6.45, 7) is 4.53. The molecule has 0 amide bonds. The summed E-state index contributed by atoms with van der Waals surface area (Å²) in [7, 11) is 3.48. The number of rotatable bonds is 6. The monoisotopic (exact) mass is 373 g/mol. The van der Waals surface area contributed by atoms with Gasteiger partial charge in [0.25, 0.3) is 0 Å². The van der Waals surface area contributed by atoms with Crippen molar-refractivity contribution in [2.75, 3.05) is 27.3 Å². The van der Waals surface area contributed by atoms with Crippen molar-refractivity contribution in [3.05, 3.63) is 40.6 Å². The van der Waals surface area contributed by atoms with Crippen molar-refractivity contribution in [1.82, 2.24) is 10.6 Å². The molecular weight excluding hydrogens is 346 g/mol. The first kappa shape index (κ1) is 18.7. The minimum absolute atomic E-state index is 0.0813. The quantitative estimate of drug-likeness (QED) is 0.599. The van der Waals surface area contributed by atoms with E-state index in [1.165, 1.54) is 16.0 Å². The Morgan fingerprint density at radius 1 is 1.27 bits per heavy atom. The van der Waals surface area contributed by atoms with E-state index in [1.54, 1.807) is 25.5 Å². The topological polar surface area (TPSA) is 54.9 Å². The lowest BCUT2D eigenvalue weighted by atomic mass is 10.0. The maximum absolute atomic E-state index is 5.81. The summed E-state index contributed by atoms with van der Waals surface area (Å²) in [5, 5.41) is 8.94. The van der Waals surface area contributed by atoms with Gasteiger partial charge < -0.3 is 20.1 Å². The Kier molecular flexibility index (Phi) is 6.16. The number of aliphatic imine (C=N–C) groups is 1. The number of ether oxygens (including phenoxy) is 2. The average Bonchev–Trinajstić information content (AvgIpc) is 3.32. The Bertz CT molecular complexity index is 734. The number of methoxy groups -OCH3 is 1. The Balaban J connectivity index is 1.53. The molecule has 1 atom stereocenters. The fraction of sp³-hybridized carbons (Fsp3) is 0.450. The van der Waals surface area contributed by atoms with Gasteiger partial charge in [0.1, 0.15) is 5.75 Å². The van der Waals surface area contributed by atoms with Gasteiger partial charge in [0.2, 0.25) is 0 Å². The smallest absolute Gasteiger partial charge is 0.191 e. The lowest BCUT2D eigenvalue weighted by molar-refractivity contribution is 0.0243. The summed E-state index contributed by atoms with van der Waals surface area (Å²) >= 11 is 1.75. The van der Waals surface area contributed by atoms with Gasteiger partial charge in [0.05, 0.1) is 19.3 Å². The van der Waals surface area contributed by atoms with Gasteiger partial charge in [0.15, 0.2) is 5.96 Å². The van der Waals surface area contributed by atoms with Crippen LogP contribution in [-0.2, 0) is 11.3 Å². The molecule has 0 spiro atoms. The molecule has 0 radical (unpaired) electrons. The second kappa shape index (κ2) is 8.56. The number of guanidine groups is 1. The number of hydrogen-bond acceptors (Lipinski definition) is 4. The summed E-state index contributed by atoms with van der Waals surface area (Å²) in [6, 6.07) is 10.4. The molecule has 2 aromatic rings. The molecule has 1 aliphatic heterocycles. The summed E-state index contributed by atoms with van der Waals surface area (Å²) in [4.78, 5) is 5.57. The van der Waals surface area contributed by atoms with Gasteiger partial charge in [-0.05, 0) is 54.5 Å².